The average Bonchev–Trinajstić information content (AvgIpc) is 2.98. The first-order valence-electron chi connectivity index (χ1n) is 7.21. The zero-order valence-electron chi connectivity index (χ0n) is 12.4. The molecular formula is C16H23N3O. The maximum absolute atomic E-state index is 8.98. The van der Waals surface area contributed by atoms with Crippen LogP contribution in [0, 0.1) is 11.3 Å². The molecule has 0 spiro atoms. The molecule has 1 heterocycles. The number of likely N-dealkylation sites (tertiary alicyclic amines) is 1. The van der Waals surface area contributed by atoms with Crippen molar-refractivity contribution in [3.8, 4) is 11.8 Å². The molecule has 4 nitrogen and oxygen atoms in total. The molecule has 0 bridgehead atoms. The van der Waals surface area contributed by atoms with Crippen LogP contribution in [0.15, 0.2) is 18.2 Å². The van der Waals surface area contributed by atoms with Crippen molar-refractivity contribution in [2.24, 2.45) is 0 Å². The van der Waals surface area contributed by atoms with Crippen LogP contribution in [0.5, 0.6) is 5.75 Å². The average molecular weight is 273 g/mol. The Morgan fingerprint density at radius 1 is 1.35 bits per heavy atom. The number of nitriles is 1. The van der Waals surface area contributed by atoms with E-state index in [1.165, 1.54) is 31.5 Å². The monoisotopic (exact) mass is 273 g/mol. The maximum Gasteiger partial charge on any atom is 0.136 e. The number of benzene rings is 1. The number of methoxy groups -OCH3 is 1. The van der Waals surface area contributed by atoms with Crippen LogP contribution in [0.1, 0.15) is 24.0 Å². The van der Waals surface area contributed by atoms with Crippen molar-refractivity contribution >= 4 is 0 Å². The molecule has 1 aromatic rings. The van der Waals surface area contributed by atoms with E-state index in [1.807, 2.05) is 18.2 Å². The van der Waals surface area contributed by atoms with Gasteiger partial charge in [-0.1, -0.05) is 6.07 Å². The third-order valence-corrected chi connectivity index (χ3v) is 3.84. The second-order valence-corrected chi connectivity index (χ2v) is 5.43. The summed E-state index contributed by atoms with van der Waals surface area (Å²) in [5.41, 5.74) is 1.78. The van der Waals surface area contributed by atoms with Crippen molar-refractivity contribution < 1.29 is 4.74 Å². The summed E-state index contributed by atoms with van der Waals surface area (Å²) in [6.07, 6.45) is 2.69. The highest BCUT2D eigenvalue weighted by Crippen LogP contribution is 2.20. The van der Waals surface area contributed by atoms with Gasteiger partial charge in [-0.15, -0.1) is 0 Å². The highest BCUT2D eigenvalue weighted by atomic mass is 16.5. The number of hydrogen-bond acceptors (Lipinski definition) is 4. The first-order chi connectivity index (χ1) is 9.72. The smallest absolute Gasteiger partial charge is 0.136 e. The standard InChI is InChI=1S/C16H23N3O/c1-18(9-10-19-7-3-4-8-19)13-14-5-6-15(12-17)16(11-14)20-2/h5-6,11H,3-4,7-10,13H2,1-2H3. The van der Waals surface area contributed by atoms with Gasteiger partial charge in [0.25, 0.3) is 0 Å². The Labute approximate surface area is 121 Å². The molecule has 20 heavy (non-hydrogen) atoms. The highest BCUT2D eigenvalue weighted by molar-refractivity contribution is 5.45. The second kappa shape index (κ2) is 7.28. The molecule has 1 aliphatic heterocycles. The minimum Gasteiger partial charge on any atom is -0.495 e. The Bertz CT molecular complexity index is 475. The van der Waals surface area contributed by atoms with E-state index in [1.54, 1.807) is 7.11 Å². The van der Waals surface area contributed by atoms with Crippen LogP contribution in [0.25, 0.3) is 0 Å². The first kappa shape index (κ1) is 14.8. The van der Waals surface area contributed by atoms with Crippen molar-refractivity contribution in [1.82, 2.24) is 9.80 Å². The summed E-state index contributed by atoms with van der Waals surface area (Å²) in [6.45, 7) is 5.60. The van der Waals surface area contributed by atoms with E-state index in [2.05, 4.69) is 22.9 Å². The van der Waals surface area contributed by atoms with Crippen LogP contribution < -0.4 is 4.74 Å². The Kier molecular flexibility index (Phi) is 5.40. The van der Waals surface area contributed by atoms with Crippen LogP contribution in [-0.4, -0.2) is 50.1 Å². The summed E-state index contributed by atoms with van der Waals surface area (Å²) in [6, 6.07) is 7.95. The molecule has 0 aliphatic carbocycles. The van der Waals surface area contributed by atoms with Crippen LogP contribution in [0.2, 0.25) is 0 Å². The number of likely N-dealkylation sites (N-methyl/N-ethyl adjacent to an activating group) is 1. The number of nitrogens with zero attached hydrogens (tertiary/aromatic N) is 3. The number of hydrogen-bond donors (Lipinski definition) is 0. The molecule has 1 aromatic carbocycles. The minimum atomic E-state index is 0.593. The summed E-state index contributed by atoms with van der Waals surface area (Å²) in [4.78, 5) is 4.84. The van der Waals surface area contributed by atoms with Gasteiger partial charge in [0.2, 0.25) is 0 Å². The third-order valence-electron chi connectivity index (χ3n) is 3.84. The van der Waals surface area contributed by atoms with Crippen molar-refractivity contribution in [2.75, 3.05) is 40.3 Å². The van der Waals surface area contributed by atoms with Gasteiger partial charge in [0.05, 0.1) is 12.7 Å². The molecule has 0 N–H and O–H groups in total. The SMILES string of the molecule is COc1cc(CN(C)CCN2CCCC2)ccc1C#N. The molecule has 108 valence electrons. The van der Waals surface area contributed by atoms with E-state index in [0.717, 1.165) is 19.6 Å². The van der Waals surface area contributed by atoms with Crippen LogP contribution in [0.3, 0.4) is 0 Å². The van der Waals surface area contributed by atoms with Gasteiger partial charge < -0.3 is 14.5 Å². The summed E-state index contributed by atoms with van der Waals surface area (Å²) in [5.74, 6) is 0.665. The molecule has 0 unspecified atom stereocenters. The molecule has 4 heteroatoms. The van der Waals surface area contributed by atoms with Gasteiger partial charge >= 0.3 is 0 Å². The fourth-order valence-corrected chi connectivity index (χ4v) is 2.64. The summed E-state index contributed by atoms with van der Waals surface area (Å²) in [7, 11) is 3.75. The third kappa shape index (κ3) is 3.96. The van der Waals surface area contributed by atoms with E-state index in [9.17, 15) is 0 Å². The summed E-state index contributed by atoms with van der Waals surface area (Å²) in [5, 5.41) is 8.98. The topological polar surface area (TPSA) is 39.5 Å². The molecule has 1 aliphatic rings. The van der Waals surface area contributed by atoms with Gasteiger partial charge in [0.1, 0.15) is 11.8 Å². The van der Waals surface area contributed by atoms with E-state index >= 15 is 0 Å². The van der Waals surface area contributed by atoms with E-state index in [0.29, 0.717) is 11.3 Å². The molecule has 0 radical (unpaired) electrons. The fraction of sp³-hybridized carbons (Fsp3) is 0.562. The van der Waals surface area contributed by atoms with Crippen molar-refractivity contribution in [2.45, 2.75) is 19.4 Å². The molecule has 0 saturated carbocycles. The second-order valence-electron chi connectivity index (χ2n) is 5.43. The lowest BCUT2D eigenvalue weighted by molar-refractivity contribution is 0.252. The molecule has 1 saturated heterocycles. The molecule has 0 aromatic heterocycles. The Hall–Kier alpha value is -1.57. The molecule has 0 atom stereocenters. The minimum absolute atomic E-state index is 0.593. The first-order valence-corrected chi connectivity index (χ1v) is 7.21. The molecule has 1 fully saturated rings. The van der Waals surface area contributed by atoms with E-state index < -0.39 is 0 Å². The van der Waals surface area contributed by atoms with Gasteiger partial charge in [-0.05, 0) is 50.7 Å². The lowest BCUT2D eigenvalue weighted by Gasteiger charge is -2.21. The van der Waals surface area contributed by atoms with Gasteiger partial charge in [0.15, 0.2) is 0 Å². The van der Waals surface area contributed by atoms with E-state index in [4.69, 9.17) is 10.00 Å². The number of rotatable bonds is 6. The molecular weight excluding hydrogens is 250 g/mol. The summed E-state index contributed by atoms with van der Waals surface area (Å²) < 4.78 is 5.25. The van der Waals surface area contributed by atoms with Crippen molar-refractivity contribution in [3.63, 3.8) is 0 Å². The van der Waals surface area contributed by atoms with Crippen LogP contribution >= 0.6 is 0 Å². The van der Waals surface area contributed by atoms with Crippen molar-refractivity contribution in [1.29, 1.82) is 5.26 Å². The highest BCUT2D eigenvalue weighted by Gasteiger charge is 2.12. The lowest BCUT2D eigenvalue weighted by Crippen LogP contribution is -2.31. The maximum atomic E-state index is 8.98. The van der Waals surface area contributed by atoms with Crippen LogP contribution in [0.4, 0.5) is 0 Å². The van der Waals surface area contributed by atoms with Gasteiger partial charge in [-0.2, -0.15) is 5.26 Å². The zero-order chi connectivity index (χ0) is 14.4. The molecule has 0 amide bonds. The van der Waals surface area contributed by atoms with E-state index in [-0.39, 0.29) is 0 Å². The predicted octanol–water partition coefficient (Wildman–Crippen LogP) is 2.09. The van der Waals surface area contributed by atoms with Gasteiger partial charge in [0, 0.05) is 19.6 Å². The van der Waals surface area contributed by atoms with Crippen LogP contribution in [-0.2, 0) is 6.54 Å². The normalized spacial score (nSPS) is 15.5. The summed E-state index contributed by atoms with van der Waals surface area (Å²) >= 11 is 0. The Morgan fingerprint density at radius 3 is 2.75 bits per heavy atom. The predicted molar refractivity (Wildman–Crippen MR) is 79.7 cm³/mol. The fourth-order valence-electron chi connectivity index (χ4n) is 2.64. The zero-order valence-corrected chi connectivity index (χ0v) is 12.4. The van der Waals surface area contributed by atoms with Crippen molar-refractivity contribution in [3.05, 3.63) is 29.3 Å². The largest absolute Gasteiger partial charge is 0.495 e. The number of ether oxygens (including phenoxy) is 1. The quantitative estimate of drug-likeness (QED) is 0.795. The van der Waals surface area contributed by atoms with Gasteiger partial charge in [-0.3, -0.25) is 0 Å². The Morgan fingerprint density at radius 2 is 2.10 bits per heavy atom. The molecule has 2 rings (SSSR count). The lowest BCUT2D eigenvalue weighted by atomic mass is 10.1. The van der Waals surface area contributed by atoms with Gasteiger partial charge in [-0.25, -0.2) is 0 Å². The Balaban J connectivity index is 1.87.